The van der Waals surface area contributed by atoms with Crippen molar-refractivity contribution in [3.8, 4) is 0 Å². The Labute approximate surface area is 173 Å². The monoisotopic (exact) mass is 380 g/mol. The molecule has 0 saturated heterocycles. The topological polar surface area (TPSA) is 15.3 Å². The van der Waals surface area contributed by atoms with Crippen molar-refractivity contribution in [1.29, 1.82) is 0 Å². The standard InChI is InChI=1S/C26H40N2/c1-8-18-28(19-9-2)23(7)20-24(10-3)26(11-4)27-22(6)16-17-25-15-13-12-14-21(25)5/h10,12-17,20,26-27H,6,8-9,11,18-19H2,1-5,7H3/b17-16+,23-20+,24-10+. The zero-order chi connectivity index (χ0) is 20.9. The maximum Gasteiger partial charge on any atom is 0.0508 e. The molecule has 1 unspecified atom stereocenters. The van der Waals surface area contributed by atoms with Crippen molar-refractivity contribution in [2.45, 2.75) is 66.8 Å². The number of rotatable bonds is 12. The molecule has 2 nitrogen and oxygen atoms in total. The SMILES string of the molecule is C=C(/C=C/c1ccccc1C)NC(CC)C(=C/C)/C=C(\C)N(CCC)CCC. The summed E-state index contributed by atoms with van der Waals surface area (Å²) in [6.07, 6.45) is 12.1. The zero-order valence-corrected chi connectivity index (χ0v) is 18.9. The van der Waals surface area contributed by atoms with Crippen molar-refractivity contribution in [2.75, 3.05) is 13.1 Å². The van der Waals surface area contributed by atoms with E-state index in [1.807, 2.05) is 0 Å². The van der Waals surface area contributed by atoms with E-state index in [4.69, 9.17) is 0 Å². The fourth-order valence-electron chi connectivity index (χ4n) is 3.38. The van der Waals surface area contributed by atoms with Gasteiger partial charge in [-0.15, -0.1) is 0 Å². The van der Waals surface area contributed by atoms with E-state index in [1.165, 1.54) is 35.2 Å². The molecule has 0 aliphatic rings. The van der Waals surface area contributed by atoms with Crippen LogP contribution in [0.3, 0.4) is 0 Å². The molecule has 0 aliphatic carbocycles. The van der Waals surface area contributed by atoms with Gasteiger partial charge in [0.05, 0.1) is 6.04 Å². The van der Waals surface area contributed by atoms with Crippen LogP contribution in [0.25, 0.3) is 6.08 Å². The molecule has 0 saturated carbocycles. The fraction of sp³-hybridized carbons (Fsp3) is 0.462. The summed E-state index contributed by atoms with van der Waals surface area (Å²) in [6.45, 7) is 19.6. The first kappa shape index (κ1) is 23.8. The number of benzene rings is 1. The highest BCUT2D eigenvalue weighted by atomic mass is 15.1. The molecule has 1 aromatic rings. The minimum atomic E-state index is 0.263. The van der Waals surface area contributed by atoms with Crippen LogP contribution in [0.5, 0.6) is 0 Å². The zero-order valence-electron chi connectivity index (χ0n) is 18.9. The molecule has 1 N–H and O–H groups in total. The van der Waals surface area contributed by atoms with Crippen molar-refractivity contribution >= 4 is 6.08 Å². The van der Waals surface area contributed by atoms with E-state index in [1.54, 1.807) is 0 Å². The molecule has 154 valence electrons. The Morgan fingerprint density at radius 3 is 2.32 bits per heavy atom. The molecule has 0 bridgehead atoms. The molecule has 1 atom stereocenters. The van der Waals surface area contributed by atoms with Gasteiger partial charge in [-0.1, -0.05) is 63.8 Å². The quantitative estimate of drug-likeness (QED) is 0.398. The van der Waals surface area contributed by atoms with Gasteiger partial charge in [0.2, 0.25) is 0 Å². The predicted octanol–water partition coefficient (Wildman–Crippen LogP) is 6.86. The van der Waals surface area contributed by atoms with E-state index in [-0.39, 0.29) is 6.04 Å². The normalized spacial score (nSPS) is 13.6. The highest BCUT2D eigenvalue weighted by Gasteiger charge is 2.12. The molecule has 1 rings (SSSR count). The maximum atomic E-state index is 4.22. The van der Waals surface area contributed by atoms with Gasteiger partial charge in [0.25, 0.3) is 0 Å². The Hall–Kier alpha value is -2.22. The number of nitrogens with zero attached hydrogens (tertiary/aromatic N) is 1. The number of nitrogens with one attached hydrogen (secondary N) is 1. The fourth-order valence-corrected chi connectivity index (χ4v) is 3.38. The summed E-state index contributed by atoms with van der Waals surface area (Å²) < 4.78 is 0. The Morgan fingerprint density at radius 2 is 1.79 bits per heavy atom. The van der Waals surface area contributed by atoms with Gasteiger partial charge in [-0.2, -0.15) is 0 Å². The average Bonchev–Trinajstić information content (AvgIpc) is 2.69. The summed E-state index contributed by atoms with van der Waals surface area (Å²) in [7, 11) is 0. The van der Waals surface area contributed by atoms with Gasteiger partial charge in [-0.05, 0) is 68.9 Å². The van der Waals surface area contributed by atoms with E-state index in [2.05, 4.69) is 107 Å². The summed E-state index contributed by atoms with van der Waals surface area (Å²) in [5, 5.41) is 3.60. The lowest BCUT2D eigenvalue weighted by Gasteiger charge is -2.26. The van der Waals surface area contributed by atoms with Gasteiger partial charge in [0.1, 0.15) is 0 Å². The van der Waals surface area contributed by atoms with Crippen LogP contribution in [0.2, 0.25) is 0 Å². The number of allylic oxidation sites excluding steroid dienone is 3. The molecule has 2 heteroatoms. The summed E-state index contributed by atoms with van der Waals surface area (Å²) in [5.41, 5.74) is 6.12. The third kappa shape index (κ3) is 7.80. The van der Waals surface area contributed by atoms with Crippen molar-refractivity contribution in [1.82, 2.24) is 10.2 Å². The number of hydrogen-bond donors (Lipinski definition) is 1. The Balaban J connectivity index is 2.87. The molecule has 0 heterocycles. The first-order valence-corrected chi connectivity index (χ1v) is 10.7. The van der Waals surface area contributed by atoms with Crippen molar-refractivity contribution < 1.29 is 0 Å². The molecule has 0 aromatic heterocycles. The van der Waals surface area contributed by atoms with Crippen LogP contribution in [-0.4, -0.2) is 24.0 Å². The van der Waals surface area contributed by atoms with E-state index in [9.17, 15) is 0 Å². The van der Waals surface area contributed by atoms with Crippen LogP contribution in [0, 0.1) is 6.92 Å². The van der Waals surface area contributed by atoms with Crippen molar-refractivity contribution in [2.24, 2.45) is 0 Å². The lowest BCUT2D eigenvalue weighted by molar-refractivity contribution is 0.344. The molecular formula is C26H40N2. The molecule has 0 spiro atoms. The Bertz CT molecular complexity index is 688. The van der Waals surface area contributed by atoms with Crippen molar-refractivity contribution in [3.63, 3.8) is 0 Å². The van der Waals surface area contributed by atoms with Crippen LogP contribution in [0.4, 0.5) is 0 Å². The van der Waals surface area contributed by atoms with E-state index >= 15 is 0 Å². The van der Waals surface area contributed by atoms with Crippen LogP contribution in [-0.2, 0) is 0 Å². The average molecular weight is 381 g/mol. The molecule has 1 aromatic carbocycles. The summed E-state index contributed by atoms with van der Waals surface area (Å²) in [4.78, 5) is 2.49. The lowest BCUT2D eigenvalue weighted by Crippen LogP contribution is -2.29. The summed E-state index contributed by atoms with van der Waals surface area (Å²) in [5.74, 6) is 0. The van der Waals surface area contributed by atoms with Crippen LogP contribution >= 0.6 is 0 Å². The molecule has 0 fully saturated rings. The third-order valence-electron chi connectivity index (χ3n) is 5.02. The minimum absolute atomic E-state index is 0.263. The predicted molar refractivity (Wildman–Crippen MR) is 126 cm³/mol. The van der Waals surface area contributed by atoms with Gasteiger partial charge in [0.15, 0.2) is 0 Å². The van der Waals surface area contributed by atoms with E-state index in [0.29, 0.717) is 0 Å². The van der Waals surface area contributed by atoms with Gasteiger partial charge in [-0.3, -0.25) is 0 Å². The van der Waals surface area contributed by atoms with Crippen molar-refractivity contribution in [3.05, 3.63) is 77.2 Å². The van der Waals surface area contributed by atoms with Crippen LogP contribution in [0.1, 0.15) is 65.0 Å². The number of aryl methyl sites for hydroxylation is 1. The molecule has 28 heavy (non-hydrogen) atoms. The second-order valence-electron chi connectivity index (χ2n) is 7.38. The van der Waals surface area contributed by atoms with Crippen LogP contribution < -0.4 is 5.32 Å². The van der Waals surface area contributed by atoms with E-state index < -0.39 is 0 Å². The smallest absolute Gasteiger partial charge is 0.0508 e. The molecule has 0 amide bonds. The van der Waals surface area contributed by atoms with Gasteiger partial charge in [-0.25, -0.2) is 0 Å². The van der Waals surface area contributed by atoms with Gasteiger partial charge < -0.3 is 10.2 Å². The maximum absolute atomic E-state index is 4.22. The highest BCUT2D eigenvalue weighted by molar-refractivity contribution is 5.55. The second-order valence-corrected chi connectivity index (χ2v) is 7.38. The molecule has 0 aliphatic heterocycles. The molecule has 0 radical (unpaired) electrons. The third-order valence-corrected chi connectivity index (χ3v) is 5.02. The van der Waals surface area contributed by atoms with Gasteiger partial charge in [0, 0.05) is 24.5 Å². The summed E-state index contributed by atoms with van der Waals surface area (Å²) in [6, 6.07) is 8.67. The summed E-state index contributed by atoms with van der Waals surface area (Å²) >= 11 is 0. The largest absolute Gasteiger partial charge is 0.379 e. The van der Waals surface area contributed by atoms with Gasteiger partial charge >= 0.3 is 0 Å². The highest BCUT2D eigenvalue weighted by Crippen LogP contribution is 2.16. The second kappa shape index (κ2) is 13.0. The Kier molecular flexibility index (Phi) is 11.1. The minimum Gasteiger partial charge on any atom is -0.379 e. The molecular weight excluding hydrogens is 340 g/mol. The van der Waals surface area contributed by atoms with E-state index in [0.717, 1.165) is 25.2 Å². The van der Waals surface area contributed by atoms with Crippen LogP contribution in [0.15, 0.2) is 66.0 Å². The lowest BCUT2D eigenvalue weighted by atomic mass is 10.0. The first-order valence-electron chi connectivity index (χ1n) is 10.7. The number of hydrogen-bond acceptors (Lipinski definition) is 2. The Morgan fingerprint density at radius 1 is 1.14 bits per heavy atom. The first-order chi connectivity index (χ1) is 13.5.